The third-order valence-electron chi connectivity index (χ3n) is 5.52. The van der Waals surface area contributed by atoms with Gasteiger partial charge in [0, 0.05) is 16.8 Å². The molecule has 174 valence electrons. The molecular formula is C26H18N2O6S. The van der Waals surface area contributed by atoms with Crippen molar-refractivity contribution in [3.63, 3.8) is 0 Å². The standard InChI is InChI=1S/C26H18N2O6S/c29-24-18-13-7-8-14-19(18)25(30)23-22(24)20(27-16-9-3-1-4-10-16)15-21(26(23)31)28-34-35(32,33)17-11-5-2-6-12-17/h1-15,27-28,31H. The number of nitrogens with one attached hydrogen (secondary N) is 2. The molecule has 9 heteroatoms. The van der Waals surface area contributed by atoms with Crippen molar-refractivity contribution in [3.05, 3.63) is 113 Å². The molecule has 0 aromatic heterocycles. The van der Waals surface area contributed by atoms with Gasteiger partial charge >= 0.3 is 10.1 Å². The Kier molecular flexibility index (Phi) is 5.56. The number of aromatic hydroxyl groups is 1. The van der Waals surface area contributed by atoms with E-state index in [9.17, 15) is 23.1 Å². The van der Waals surface area contributed by atoms with Gasteiger partial charge in [0.25, 0.3) is 0 Å². The van der Waals surface area contributed by atoms with Crippen LogP contribution in [-0.4, -0.2) is 25.1 Å². The number of hydrogen-bond acceptors (Lipinski definition) is 8. The van der Waals surface area contributed by atoms with Crippen LogP contribution in [0, 0.1) is 0 Å². The lowest BCUT2D eigenvalue weighted by molar-refractivity contribution is 0.0977. The van der Waals surface area contributed by atoms with Gasteiger partial charge in [0.2, 0.25) is 0 Å². The predicted octanol–water partition coefficient (Wildman–Crippen LogP) is 4.64. The zero-order valence-electron chi connectivity index (χ0n) is 18.1. The largest absolute Gasteiger partial charge is 0.505 e. The first-order valence-electron chi connectivity index (χ1n) is 10.5. The summed E-state index contributed by atoms with van der Waals surface area (Å²) in [6.07, 6.45) is 0. The van der Waals surface area contributed by atoms with Crippen molar-refractivity contribution >= 4 is 38.7 Å². The van der Waals surface area contributed by atoms with E-state index in [0.29, 0.717) is 5.69 Å². The molecular weight excluding hydrogens is 468 g/mol. The maximum atomic E-state index is 13.4. The van der Waals surface area contributed by atoms with Crippen molar-refractivity contribution in [1.82, 2.24) is 0 Å². The first kappa shape index (κ1) is 22.3. The SMILES string of the molecule is O=C1c2ccccc2C(=O)c2c(O)c(NOS(=O)(=O)c3ccccc3)cc(Nc3ccccc3)c21. The quantitative estimate of drug-likeness (QED) is 0.180. The molecule has 0 heterocycles. The Bertz CT molecular complexity index is 1570. The molecule has 4 aromatic rings. The molecule has 0 bridgehead atoms. The van der Waals surface area contributed by atoms with Crippen LogP contribution in [0.4, 0.5) is 17.1 Å². The second-order valence-electron chi connectivity index (χ2n) is 7.72. The van der Waals surface area contributed by atoms with Gasteiger partial charge in [-0.25, -0.2) is 5.48 Å². The highest BCUT2D eigenvalue weighted by Gasteiger charge is 2.36. The molecule has 0 fully saturated rings. The summed E-state index contributed by atoms with van der Waals surface area (Å²) in [7, 11) is -4.24. The van der Waals surface area contributed by atoms with Gasteiger partial charge in [0.1, 0.15) is 5.69 Å². The number of ketones is 2. The van der Waals surface area contributed by atoms with Crippen LogP contribution in [0.1, 0.15) is 31.8 Å². The first-order valence-corrected chi connectivity index (χ1v) is 11.9. The summed E-state index contributed by atoms with van der Waals surface area (Å²) in [5.41, 5.74) is 2.93. The Morgan fingerprint density at radius 2 is 1.23 bits per heavy atom. The summed E-state index contributed by atoms with van der Waals surface area (Å²) in [4.78, 5) is 26.6. The van der Waals surface area contributed by atoms with Crippen LogP contribution < -0.4 is 10.8 Å². The van der Waals surface area contributed by atoms with Crippen molar-refractivity contribution in [3.8, 4) is 5.75 Å². The Morgan fingerprint density at radius 1 is 0.686 bits per heavy atom. The van der Waals surface area contributed by atoms with Gasteiger partial charge in [-0.15, -0.1) is 4.28 Å². The zero-order valence-corrected chi connectivity index (χ0v) is 18.9. The van der Waals surface area contributed by atoms with Crippen molar-refractivity contribution in [2.45, 2.75) is 4.90 Å². The number of rotatable bonds is 6. The maximum Gasteiger partial charge on any atom is 0.317 e. The van der Waals surface area contributed by atoms with Gasteiger partial charge in [-0.05, 0) is 30.3 Å². The van der Waals surface area contributed by atoms with Gasteiger partial charge in [-0.2, -0.15) is 8.42 Å². The average molecular weight is 487 g/mol. The Hall–Kier alpha value is -4.47. The molecule has 1 aliphatic carbocycles. The Morgan fingerprint density at radius 3 is 1.86 bits per heavy atom. The summed E-state index contributed by atoms with van der Waals surface area (Å²) in [6, 6.07) is 24.0. The Labute approximate surface area is 200 Å². The van der Waals surface area contributed by atoms with Crippen LogP contribution in [0.25, 0.3) is 0 Å². The van der Waals surface area contributed by atoms with E-state index in [1.807, 2.05) is 6.07 Å². The number of hydrogen-bond donors (Lipinski definition) is 3. The molecule has 0 saturated heterocycles. The number of carbonyl (C=O) groups is 2. The Balaban J connectivity index is 1.62. The number of carbonyl (C=O) groups excluding carboxylic acids is 2. The predicted molar refractivity (Wildman–Crippen MR) is 129 cm³/mol. The van der Waals surface area contributed by atoms with Gasteiger partial charge in [0.05, 0.1) is 21.7 Å². The molecule has 0 unspecified atom stereocenters. The van der Waals surface area contributed by atoms with Crippen molar-refractivity contribution in [2.75, 3.05) is 10.8 Å². The molecule has 0 spiro atoms. The van der Waals surface area contributed by atoms with E-state index >= 15 is 0 Å². The van der Waals surface area contributed by atoms with Crippen molar-refractivity contribution < 1.29 is 27.4 Å². The highest BCUT2D eigenvalue weighted by molar-refractivity contribution is 7.86. The summed E-state index contributed by atoms with van der Waals surface area (Å²) in [6.45, 7) is 0. The molecule has 0 amide bonds. The van der Waals surface area contributed by atoms with E-state index in [1.165, 1.54) is 36.4 Å². The lowest BCUT2D eigenvalue weighted by Crippen LogP contribution is -2.23. The zero-order chi connectivity index (χ0) is 24.6. The molecule has 3 N–H and O–H groups in total. The number of benzene rings is 4. The molecule has 0 radical (unpaired) electrons. The molecule has 4 aromatic carbocycles. The van der Waals surface area contributed by atoms with E-state index in [-0.39, 0.29) is 38.5 Å². The van der Waals surface area contributed by atoms with Gasteiger partial charge < -0.3 is 10.4 Å². The first-order chi connectivity index (χ1) is 16.9. The smallest absolute Gasteiger partial charge is 0.317 e. The second kappa shape index (κ2) is 8.71. The second-order valence-corrected chi connectivity index (χ2v) is 9.26. The summed E-state index contributed by atoms with van der Waals surface area (Å²) in [5.74, 6) is -1.62. The monoisotopic (exact) mass is 486 g/mol. The molecule has 8 nitrogen and oxygen atoms in total. The normalized spacial score (nSPS) is 12.6. The molecule has 1 aliphatic rings. The van der Waals surface area contributed by atoms with Crippen LogP contribution in [0.15, 0.2) is 95.9 Å². The lowest BCUT2D eigenvalue weighted by Gasteiger charge is -2.23. The number of phenols is 1. The van der Waals surface area contributed by atoms with Crippen LogP contribution in [0.5, 0.6) is 5.75 Å². The van der Waals surface area contributed by atoms with Crippen LogP contribution in [-0.2, 0) is 14.4 Å². The fourth-order valence-corrected chi connectivity index (χ4v) is 4.65. The molecule has 0 atom stereocenters. The van der Waals surface area contributed by atoms with E-state index in [0.717, 1.165) is 0 Å². The van der Waals surface area contributed by atoms with Gasteiger partial charge in [0.15, 0.2) is 17.3 Å². The van der Waals surface area contributed by atoms with E-state index < -0.39 is 27.4 Å². The topological polar surface area (TPSA) is 122 Å². The molecule has 35 heavy (non-hydrogen) atoms. The number of fused-ring (bicyclic) bond motifs is 2. The summed E-state index contributed by atoms with van der Waals surface area (Å²) >= 11 is 0. The van der Waals surface area contributed by atoms with Crippen molar-refractivity contribution in [2.24, 2.45) is 0 Å². The van der Waals surface area contributed by atoms with E-state index in [4.69, 9.17) is 4.28 Å². The van der Waals surface area contributed by atoms with Crippen LogP contribution in [0.2, 0.25) is 0 Å². The minimum Gasteiger partial charge on any atom is -0.505 e. The van der Waals surface area contributed by atoms with Crippen LogP contribution in [0.3, 0.4) is 0 Å². The third-order valence-corrected chi connectivity index (χ3v) is 6.67. The number of para-hydroxylation sites is 1. The van der Waals surface area contributed by atoms with Gasteiger partial charge in [-0.3, -0.25) is 9.59 Å². The fraction of sp³-hybridized carbons (Fsp3) is 0. The molecule has 0 saturated carbocycles. The number of phenolic OH excluding ortho intramolecular Hbond substituents is 1. The van der Waals surface area contributed by atoms with E-state index in [1.54, 1.807) is 48.5 Å². The van der Waals surface area contributed by atoms with Crippen LogP contribution >= 0.6 is 0 Å². The van der Waals surface area contributed by atoms with E-state index in [2.05, 4.69) is 10.8 Å². The average Bonchev–Trinajstić information content (AvgIpc) is 2.88. The lowest BCUT2D eigenvalue weighted by atomic mass is 9.82. The molecule has 5 rings (SSSR count). The maximum absolute atomic E-state index is 13.4. The fourth-order valence-electron chi connectivity index (χ4n) is 3.87. The highest BCUT2D eigenvalue weighted by Crippen LogP contribution is 2.42. The highest BCUT2D eigenvalue weighted by atomic mass is 32.2. The van der Waals surface area contributed by atoms with Crippen molar-refractivity contribution in [1.29, 1.82) is 0 Å². The minimum absolute atomic E-state index is 0.0217. The summed E-state index contributed by atoms with van der Waals surface area (Å²) in [5, 5.41) is 14.0. The van der Waals surface area contributed by atoms with Gasteiger partial charge in [-0.1, -0.05) is 60.7 Å². The minimum atomic E-state index is -4.24. The summed E-state index contributed by atoms with van der Waals surface area (Å²) < 4.78 is 30.1. The third kappa shape index (κ3) is 4.03. The number of anilines is 3. The molecule has 0 aliphatic heterocycles.